The van der Waals surface area contributed by atoms with E-state index in [1.807, 2.05) is 12.1 Å². The molecule has 1 rings (SSSR count). The number of nitrogen functional groups attached to an aromatic ring is 1. The predicted octanol–water partition coefficient (Wildman–Crippen LogP) is 1.93. The van der Waals surface area contributed by atoms with Gasteiger partial charge in [-0.25, -0.2) is 4.98 Å². The highest BCUT2D eigenvalue weighted by Gasteiger charge is 1.73. The van der Waals surface area contributed by atoms with Crippen molar-refractivity contribution >= 4 is 43.0 Å². The summed E-state index contributed by atoms with van der Waals surface area (Å²) in [4.78, 5) is 3.76. The van der Waals surface area contributed by atoms with Gasteiger partial charge in [-0.2, -0.15) is 0 Å². The van der Waals surface area contributed by atoms with Crippen LogP contribution in [0.3, 0.4) is 0 Å². The van der Waals surface area contributed by atoms with Crippen molar-refractivity contribution in [1.82, 2.24) is 4.98 Å². The SMILES string of the molecule is Cl.Cl.Cl.Nc1ccccn1. The zero-order chi connectivity index (χ0) is 5.11. The number of hydrogen-bond acceptors (Lipinski definition) is 2. The Morgan fingerprint density at radius 3 is 1.90 bits per heavy atom. The maximum atomic E-state index is 5.25. The largest absolute Gasteiger partial charge is 0.384 e. The van der Waals surface area contributed by atoms with Crippen molar-refractivity contribution in [3.05, 3.63) is 24.4 Å². The van der Waals surface area contributed by atoms with Crippen LogP contribution in [0.15, 0.2) is 24.4 Å². The predicted molar refractivity (Wildman–Crippen MR) is 50.4 cm³/mol. The van der Waals surface area contributed by atoms with E-state index < -0.39 is 0 Å². The molecular formula is C5H9Cl3N2. The summed E-state index contributed by atoms with van der Waals surface area (Å²) in [5.74, 6) is 0.572. The number of hydrogen-bond donors (Lipinski definition) is 1. The van der Waals surface area contributed by atoms with Gasteiger partial charge in [-0.1, -0.05) is 6.07 Å². The van der Waals surface area contributed by atoms with Gasteiger partial charge in [0.2, 0.25) is 0 Å². The van der Waals surface area contributed by atoms with Gasteiger partial charge in [0, 0.05) is 6.20 Å². The van der Waals surface area contributed by atoms with Gasteiger partial charge < -0.3 is 5.73 Å². The summed E-state index contributed by atoms with van der Waals surface area (Å²) in [6.45, 7) is 0. The van der Waals surface area contributed by atoms with Gasteiger partial charge in [0.25, 0.3) is 0 Å². The molecule has 0 unspecified atom stereocenters. The molecule has 1 aromatic rings. The Bertz CT molecular complexity index is 145. The van der Waals surface area contributed by atoms with Crippen LogP contribution in [-0.2, 0) is 0 Å². The Labute approximate surface area is 78.5 Å². The minimum atomic E-state index is 0. The molecule has 0 amide bonds. The first-order valence-electron chi connectivity index (χ1n) is 2.06. The lowest BCUT2D eigenvalue weighted by atomic mass is 10.5. The summed E-state index contributed by atoms with van der Waals surface area (Å²) in [6, 6.07) is 5.43. The number of anilines is 1. The second kappa shape index (κ2) is 8.82. The Morgan fingerprint density at radius 1 is 1.10 bits per heavy atom. The molecular weight excluding hydrogens is 194 g/mol. The molecule has 0 fully saturated rings. The first kappa shape index (κ1) is 16.4. The lowest BCUT2D eigenvalue weighted by Crippen LogP contribution is -1.85. The van der Waals surface area contributed by atoms with Crippen molar-refractivity contribution < 1.29 is 0 Å². The number of pyridine rings is 1. The second-order valence-corrected chi connectivity index (χ2v) is 1.25. The zero-order valence-corrected chi connectivity index (χ0v) is 7.51. The highest BCUT2D eigenvalue weighted by Crippen LogP contribution is 1.89. The molecule has 2 nitrogen and oxygen atoms in total. The van der Waals surface area contributed by atoms with E-state index in [0.29, 0.717) is 5.82 Å². The van der Waals surface area contributed by atoms with Crippen LogP contribution in [0.2, 0.25) is 0 Å². The number of nitrogens with two attached hydrogens (primary N) is 1. The molecule has 5 heteroatoms. The monoisotopic (exact) mass is 202 g/mol. The van der Waals surface area contributed by atoms with Gasteiger partial charge in [0.15, 0.2) is 0 Å². The molecule has 1 aromatic heterocycles. The average molecular weight is 204 g/mol. The van der Waals surface area contributed by atoms with Crippen molar-refractivity contribution in [3.63, 3.8) is 0 Å². The van der Waals surface area contributed by atoms with Crippen LogP contribution in [0.25, 0.3) is 0 Å². The van der Waals surface area contributed by atoms with Gasteiger partial charge in [0.1, 0.15) is 5.82 Å². The topological polar surface area (TPSA) is 38.9 Å². The van der Waals surface area contributed by atoms with Crippen molar-refractivity contribution in [3.8, 4) is 0 Å². The van der Waals surface area contributed by atoms with E-state index in [0.717, 1.165) is 0 Å². The highest BCUT2D eigenvalue weighted by molar-refractivity contribution is 5.86. The van der Waals surface area contributed by atoms with Crippen molar-refractivity contribution in [2.24, 2.45) is 0 Å². The molecule has 0 atom stereocenters. The summed E-state index contributed by atoms with van der Waals surface area (Å²) >= 11 is 0. The molecule has 2 N–H and O–H groups in total. The van der Waals surface area contributed by atoms with Crippen LogP contribution in [0.1, 0.15) is 0 Å². The van der Waals surface area contributed by atoms with Crippen LogP contribution in [-0.4, -0.2) is 4.98 Å². The molecule has 60 valence electrons. The number of halogens is 3. The van der Waals surface area contributed by atoms with Crippen molar-refractivity contribution in [1.29, 1.82) is 0 Å². The Kier molecular flexibility index (Phi) is 14.5. The van der Waals surface area contributed by atoms with E-state index in [1.54, 1.807) is 12.3 Å². The molecule has 0 saturated heterocycles. The first-order valence-corrected chi connectivity index (χ1v) is 2.06. The molecule has 0 aromatic carbocycles. The molecule has 0 aliphatic carbocycles. The maximum absolute atomic E-state index is 5.25. The fraction of sp³-hybridized carbons (Fsp3) is 0. The van der Waals surface area contributed by atoms with Gasteiger partial charge in [-0.15, -0.1) is 37.2 Å². The van der Waals surface area contributed by atoms with E-state index in [9.17, 15) is 0 Å². The first-order chi connectivity index (χ1) is 3.39. The van der Waals surface area contributed by atoms with Crippen molar-refractivity contribution in [2.75, 3.05) is 5.73 Å². The van der Waals surface area contributed by atoms with E-state index in [1.165, 1.54) is 0 Å². The zero-order valence-electron chi connectivity index (χ0n) is 5.06. The minimum Gasteiger partial charge on any atom is -0.384 e. The molecule has 0 radical (unpaired) electrons. The third-order valence-corrected chi connectivity index (χ3v) is 0.688. The lowest BCUT2D eigenvalue weighted by Gasteiger charge is -1.82. The van der Waals surface area contributed by atoms with Crippen LogP contribution < -0.4 is 5.73 Å². The summed E-state index contributed by atoms with van der Waals surface area (Å²) in [7, 11) is 0. The molecule has 0 spiro atoms. The fourth-order valence-electron chi connectivity index (χ4n) is 0.376. The summed E-state index contributed by atoms with van der Waals surface area (Å²) < 4.78 is 0. The number of rotatable bonds is 0. The minimum absolute atomic E-state index is 0. The number of aromatic nitrogens is 1. The average Bonchev–Trinajstić information content (AvgIpc) is 1.69. The van der Waals surface area contributed by atoms with Gasteiger partial charge in [-0.3, -0.25) is 0 Å². The van der Waals surface area contributed by atoms with Crippen LogP contribution >= 0.6 is 37.2 Å². The van der Waals surface area contributed by atoms with E-state index in [4.69, 9.17) is 5.73 Å². The third-order valence-electron chi connectivity index (χ3n) is 0.688. The summed E-state index contributed by atoms with van der Waals surface area (Å²) in [6.07, 6.45) is 1.66. The molecule has 0 aliphatic rings. The normalized spacial score (nSPS) is 6.00. The fourth-order valence-corrected chi connectivity index (χ4v) is 0.376. The van der Waals surface area contributed by atoms with E-state index in [-0.39, 0.29) is 37.2 Å². The third kappa shape index (κ3) is 5.95. The Hall–Kier alpha value is -0.180. The number of nitrogens with zero attached hydrogens (tertiary/aromatic N) is 1. The molecule has 0 bridgehead atoms. The van der Waals surface area contributed by atoms with E-state index >= 15 is 0 Å². The van der Waals surface area contributed by atoms with Gasteiger partial charge in [0.05, 0.1) is 0 Å². The Morgan fingerprint density at radius 2 is 1.70 bits per heavy atom. The quantitative estimate of drug-likeness (QED) is 0.700. The molecule has 0 aliphatic heterocycles. The Balaban J connectivity index is -0.000000163. The second-order valence-electron chi connectivity index (χ2n) is 1.25. The standard InChI is InChI=1S/C5H6N2.3ClH/c6-5-3-1-2-4-7-5;;;/h1-4H,(H2,6,7);3*1H. The molecule has 10 heavy (non-hydrogen) atoms. The molecule has 0 saturated carbocycles. The van der Waals surface area contributed by atoms with Crippen LogP contribution in [0.4, 0.5) is 5.82 Å². The summed E-state index contributed by atoms with van der Waals surface area (Å²) in [5.41, 5.74) is 5.25. The highest BCUT2D eigenvalue weighted by atomic mass is 35.5. The van der Waals surface area contributed by atoms with E-state index in [2.05, 4.69) is 4.98 Å². The maximum Gasteiger partial charge on any atom is 0.123 e. The van der Waals surface area contributed by atoms with Gasteiger partial charge >= 0.3 is 0 Å². The molecule has 1 heterocycles. The van der Waals surface area contributed by atoms with Gasteiger partial charge in [-0.05, 0) is 12.1 Å². The van der Waals surface area contributed by atoms with Crippen LogP contribution in [0.5, 0.6) is 0 Å². The lowest BCUT2D eigenvalue weighted by molar-refractivity contribution is 1.34. The smallest absolute Gasteiger partial charge is 0.123 e. The van der Waals surface area contributed by atoms with Crippen molar-refractivity contribution in [2.45, 2.75) is 0 Å². The van der Waals surface area contributed by atoms with Crippen LogP contribution in [0, 0.1) is 0 Å². The summed E-state index contributed by atoms with van der Waals surface area (Å²) in [5, 5.41) is 0.